The van der Waals surface area contributed by atoms with E-state index in [2.05, 4.69) is 25.3 Å². The van der Waals surface area contributed by atoms with Crippen molar-refractivity contribution in [2.24, 2.45) is 0 Å². The number of benzene rings is 2. The summed E-state index contributed by atoms with van der Waals surface area (Å²) in [5, 5.41) is 2.90. The van der Waals surface area contributed by atoms with Crippen LogP contribution in [0.15, 0.2) is 79.4 Å². The molecule has 0 aliphatic heterocycles. The average molecular weight is 341 g/mol. The number of carbonyl (C=O) groups excluding carboxylic acids is 1. The van der Waals surface area contributed by atoms with E-state index in [-0.39, 0.29) is 5.91 Å². The number of rotatable bonds is 4. The van der Waals surface area contributed by atoms with Crippen molar-refractivity contribution in [2.75, 3.05) is 5.32 Å². The van der Waals surface area contributed by atoms with E-state index in [9.17, 15) is 4.79 Å². The largest absolute Gasteiger partial charge is 0.338 e. The second kappa shape index (κ2) is 6.98. The zero-order chi connectivity index (χ0) is 17.8. The van der Waals surface area contributed by atoms with E-state index in [0.717, 1.165) is 22.6 Å². The lowest BCUT2D eigenvalue weighted by molar-refractivity contribution is 0.102. The molecule has 26 heavy (non-hydrogen) atoms. The number of carbonyl (C=O) groups is 1. The van der Waals surface area contributed by atoms with Crippen LogP contribution in [0.25, 0.3) is 22.6 Å². The Hall–Kier alpha value is -3.80. The number of imidazole rings is 1. The molecule has 2 heterocycles. The summed E-state index contributed by atoms with van der Waals surface area (Å²) in [6, 6.07) is 19.0. The Morgan fingerprint density at radius 3 is 2.54 bits per heavy atom. The van der Waals surface area contributed by atoms with Crippen LogP contribution < -0.4 is 5.32 Å². The number of H-pyrrole nitrogens is 1. The fourth-order valence-corrected chi connectivity index (χ4v) is 2.64. The molecule has 2 aromatic carbocycles. The normalized spacial score (nSPS) is 10.5. The monoisotopic (exact) mass is 341 g/mol. The molecule has 6 heteroatoms. The Kier molecular flexibility index (Phi) is 4.22. The summed E-state index contributed by atoms with van der Waals surface area (Å²) in [4.78, 5) is 28.0. The number of nitrogens with one attached hydrogen (secondary N) is 2. The van der Waals surface area contributed by atoms with Gasteiger partial charge in [0.1, 0.15) is 17.8 Å². The van der Waals surface area contributed by atoms with E-state index < -0.39 is 0 Å². The summed E-state index contributed by atoms with van der Waals surface area (Å²) < 4.78 is 0. The van der Waals surface area contributed by atoms with Gasteiger partial charge in [-0.2, -0.15) is 0 Å². The van der Waals surface area contributed by atoms with Gasteiger partial charge in [-0.3, -0.25) is 4.79 Å². The Labute approximate surface area is 150 Å². The van der Waals surface area contributed by atoms with Crippen molar-refractivity contribution in [3.05, 3.63) is 85.1 Å². The SMILES string of the molecule is O=C(Nc1ccccc1-c1cnc(-c2ccccc2)[nH]1)c1ccncn1. The summed E-state index contributed by atoms with van der Waals surface area (Å²) in [5.41, 5.74) is 3.66. The molecule has 0 radical (unpaired) electrons. The van der Waals surface area contributed by atoms with E-state index in [1.807, 2.05) is 54.6 Å². The van der Waals surface area contributed by atoms with Crippen LogP contribution in [0, 0.1) is 0 Å². The highest BCUT2D eigenvalue weighted by Gasteiger charge is 2.13. The van der Waals surface area contributed by atoms with Crippen molar-refractivity contribution < 1.29 is 4.79 Å². The van der Waals surface area contributed by atoms with Crippen LogP contribution in [0.5, 0.6) is 0 Å². The average Bonchev–Trinajstić information content (AvgIpc) is 3.20. The smallest absolute Gasteiger partial charge is 0.274 e. The summed E-state index contributed by atoms with van der Waals surface area (Å²) in [7, 11) is 0. The fourth-order valence-electron chi connectivity index (χ4n) is 2.64. The molecule has 1 amide bonds. The number of anilines is 1. The molecule has 0 saturated carbocycles. The minimum Gasteiger partial charge on any atom is -0.338 e. The molecule has 0 saturated heterocycles. The van der Waals surface area contributed by atoms with Gasteiger partial charge in [0, 0.05) is 17.3 Å². The van der Waals surface area contributed by atoms with E-state index in [1.165, 1.54) is 12.5 Å². The summed E-state index contributed by atoms with van der Waals surface area (Å²) in [5.74, 6) is 0.486. The van der Waals surface area contributed by atoms with Crippen molar-refractivity contribution >= 4 is 11.6 Å². The molecule has 0 aliphatic carbocycles. The lowest BCUT2D eigenvalue weighted by Gasteiger charge is -2.09. The van der Waals surface area contributed by atoms with Gasteiger partial charge in [-0.15, -0.1) is 0 Å². The summed E-state index contributed by atoms with van der Waals surface area (Å²) in [6.07, 6.45) is 4.65. The Morgan fingerprint density at radius 2 is 1.73 bits per heavy atom. The maximum absolute atomic E-state index is 12.4. The van der Waals surface area contributed by atoms with Crippen LogP contribution in [0.3, 0.4) is 0 Å². The van der Waals surface area contributed by atoms with Crippen LogP contribution >= 0.6 is 0 Å². The van der Waals surface area contributed by atoms with Gasteiger partial charge in [0.2, 0.25) is 0 Å². The van der Waals surface area contributed by atoms with Gasteiger partial charge in [0.05, 0.1) is 17.6 Å². The van der Waals surface area contributed by atoms with Gasteiger partial charge in [0.15, 0.2) is 0 Å². The molecule has 6 nitrogen and oxygen atoms in total. The van der Waals surface area contributed by atoms with Gasteiger partial charge in [-0.25, -0.2) is 15.0 Å². The number of nitrogens with zero attached hydrogens (tertiary/aromatic N) is 3. The second-order valence-corrected chi connectivity index (χ2v) is 5.61. The highest BCUT2D eigenvalue weighted by Crippen LogP contribution is 2.28. The standard InChI is InChI=1S/C20H15N5O/c26-20(17-10-11-21-13-23-17)25-16-9-5-4-8-15(16)18-12-22-19(24-18)14-6-2-1-3-7-14/h1-13H,(H,22,24)(H,25,26). The molecule has 0 bridgehead atoms. The highest BCUT2D eigenvalue weighted by atomic mass is 16.1. The number of amides is 1. The molecule has 0 atom stereocenters. The first-order chi connectivity index (χ1) is 12.8. The number of aromatic amines is 1. The number of hydrogen-bond donors (Lipinski definition) is 2. The molecular weight excluding hydrogens is 326 g/mol. The quantitative estimate of drug-likeness (QED) is 0.591. The number of para-hydroxylation sites is 1. The topological polar surface area (TPSA) is 83.6 Å². The molecule has 126 valence electrons. The summed E-state index contributed by atoms with van der Waals surface area (Å²) >= 11 is 0. The summed E-state index contributed by atoms with van der Waals surface area (Å²) in [6.45, 7) is 0. The number of hydrogen-bond acceptors (Lipinski definition) is 4. The van der Waals surface area contributed by atoms with E-state index in [0.29, 0.717) is 11.4 Å². The van der Waals surface area contributed by atoms with Crippen molar-refractivity contribution in [1.82, 2.24) is 19.9 Å². The van der Waals surface area contributed by atoms with Gasteiger partial charge < -0.3 is 10.3 Å². The second-order valence-electron chi connectivity index (χ2n) is 5.61. The molecule has 0 spiro atoms. The maximum Gasteiger partial charge on any atom is 0.274 e. The molecule has 4 rings (SSSR count). The lowest BCUT2D eigenvalue weighted by atomic mass is 10.1. The van der Waals surface area contributed by atoms with Crippen molar-refractivity contribution in [2.45, 2.75) is 0 Å². The predicted octanol–water partition coefficient (Wildman–Crippen LogP) is 3.79. The Bertz CT molecular complexity index is 1030. The van der Waals surface area contributed by atoms with Gasteiger partial charge >= 0.3 is 0 Å². The van der Waals surface area contributed by atoms with Crippen LogP contribution in [-0.4, -0.2) is 25.8 Å². The third-order valence-electron chi connectivity index (χ3n) is 3.90. The fraction of sp³-hybridized carbons (Fsp3) is 0. The molecule has 2 N–H and O–H groups in total. The molecule has 2 aromatic heterocycles. The number of aromatic nitrogens is 4. The highest BCUT2D eigenvalue weighted by molar-refractivity contribution is 6.04. The van der Waals surface area contributed by atoms with Crippen LogP contribution in [0.1, 0.15) is 10.5 Å². The third kappa shape index (κ3) is 3.21. The van der Waals surface area contributed by atoms with Gasteiger partial charge in [-0.1, -0.05) is 48.5 Å². The van der Waals surface area contributed by atoms with E-state index in [1.54, 1.807) is 12.3 Å². The zero-order valence-corrected chi connectivity index (χ0v) is 13.8. The first-order valence-corrected chi connectivity index (χ1v) is 8.08. The van der Waals surface area contributed by atoms with E-state index >= 15 is 0 Å². The first kappa shape index (κ1) is 15.7. The van der Waals surface area contributed by atoms with Crippen molar-refractivity contribution in [3.63, 3.8) is 0 Å². The first-order valence-electron chi connectivity index (χ1n) is 8.08. The van der Waals surface area contributed by atoms with Crippen LogP contribution in [0.2, 0.25) is 0 Å². The van der Waals surface area contributed by atoms with Gasteiger partial charge in [-0.05, 0) is 12.1 Å². The van der Waals surface area contributed by atoms with Crippen molar-refractivity contribution in [3.8, 4) is 22.6 Å². The molecule has 0 fully saturated rings. The predicted molar refractivity (Wildman–Crippen MR) is 99.4 cm³/mol. The molecule has 0 unspecified atom stereocenters. The third-order valence-corrected chi connectivity index (χ3v) is 3.90. The van der Waals surface area contributed by atoms with Crippen LogP contribution in [0.4, 0.5) is 5.69 Å². The van der Waals surface area contributed by atoms with Crippen LogP contribution in [-0.2, 0) is 0 Å². The van der Waals surface area contributed by atoms with E-state index in [4.69, 9.17) is 0 Å². The molecule has 4 aromatic rings. The van der Waals surface area contributed by atoms with Gasteiger partial charge in [0.25, 0.3) is 5.91 Å². The minimum absolute atomic E-state index is 0.289. The maximum atomic E-state index is 12.4. The zero-order valence-electron chi connectivity index (χ0n) is 13.8. The molecular formula is C20H15N5O. The molecule has 0 aliphatic rings. The minimum atomic E-state index is -0.289. The van der Waals surface area contributed by atoms with Crippen molar-refractivity contribution in [1.29, 1.82) is 0 Å². The Morgan fingerprint density at radius 1 is 0.923 bits per heavy atom. The Balaban J connectivity index is 1.64. The lowest BCUT2D eigenvalue weighted by Crippen LogP contribution is -2.14.